The van der Waals surface area contributed by atoms with Crippen molar-refractivity contribution in [3.8, 4) is 28.6 Å². The fourth-order valence-corrected chi connectivity index (χ4v) is 4.12. The summed E-state index contributed by atoms with van der Waals surface area (Å²) < 4.78 is 17.5. The molecule has 12 nitrogen and oxygen atoms in total. The smallest absolute Gasteiger partial charge is 0.269 e. The quantitative estimate of drug-likeness (QED) is 0.449. The Morgan fingerprint density at radius 1 is 1.06 bits per heavy atom. The first kappa shape index (κ1) is 25.0. The van der Waals surface area contributed by atoms with Crippen LogP contribution in [0.5, 0.6) is 17.4 Å². The Balaban J connectivity index is 1.26. The fourth-order valence-electron chi connectivity index (χ4n) is 4.12. The number of piperazine rings is 1. The third-order valence-corrected chi connectivity index (χ3v) is 6.10. The zero-order chi connectivity index (χ0) is 25.7. The van der Waals surface area contributed by atoms with E-state index >= 15 is 0 Å². The summed E-state index contributed by atoms with van der Waals surface area (Å²) in [6.45, 7) is 3.77. The number of carbonyl (C=O) groups is 2. The molecule has 0 aliphatic carbocycles. The number of nitrogens with zero attached hydrogens (tertiary/aromatic N) is 5. The highest BCUT2D eigenvalue weighted by molar-refractivity contribution is 5.96. The molecule has 2 amide bonds. The molecule has 0 radical (unpaired) electrons. The van der Waals surface area contributed by atoms with Gasteiger partial charge in [-0.05, 0) is 24.3 Å². The minimum Gasteiger partial charge on any atom is -0.497 e. The van der Waals surface area contributed by atoms with Gasteiger partial charge in [0, 0.05) is 58.1 Å². The first-order valence-electron chi connectivity index (χ1n) is 11.6. The second-order valence-electron chi connectivity index (χ2n) is 8.35. The first-order chi connectivity index (χ1) is 17.4. The lowest BCUT2D eigenvalue weighted by atomic mass is 10.1. The minimum atomic E-state index is -0.243. The molecule has 1 aliphatic heterocycles. The number of hydrogen-bond donors (Lipinski definition) is 2. The second-order valence-corrected chi connectivity index (χ2v) is 8.35. The molecule has 0 bridgehead atoms. The van der Waals surface area contributed by atoms with Crippen molar-refractivity contribution in [2.75, 3.05) is 60.6 Å². The molecule has 0 unspecified atom stereocenters. The average Bonchev–Trinajstić information content (AvgIpc) is 3.55. The normalized spacial score (nSPS) is 13.9. The van der Waals surface area contributed by atoms with Gasteiger partial charge in [-0.25, -0.2) is 0 Å². The van der Waals surface area contributed by atoms with Crippen LogP contribution in [0.15, 0.2) is 30.5 Å². The molecule has 0 atom stereocenters. The van der Waals surface area contributed by atoms with Crippen LogP contribution in [-0.4, -0.2) is 102 Å². The maximum Gasteiger partial charge on any atom is 0.269 e. The Morgan fingerprint density at radius 2 is 1.83 bits per heavy atom. The highest BCUT2D eigenvalue weighted by Crippen LogP contribution is 2.32. The van der Waals surface area contributed by atoms with Gasteiger partial charge >= 0.3 is 0 Å². The van der Waals surface area contributed by atoms with Gasteiger partial charge in [0.1, 0.15) is 22.8 Å². The van der Waals surface area contributed by atoms with E-state index in [0.717, 1.165) is 5.56 Å². The number of ether oxygens (including phenoxy) is 3. The van der Waals surface area contributed by atoms with Crippen LogP contribution in [0.2, 0.25) is 0 Å². The Kier molecular flexibility index (Phi) is 7.74. The number of H-pyrrole nitrogens is 1. The van der Waals surface area contributed by atoms with Crippen molar-refractivity contribution >= 4 is 11.8 Å². The van der Waals surface area contributed by atoms with Gasteiger partial charge in [-0.15, -0.1) is 5.10 Å². The number of nitrogens with one attached hydrogen (secondary N) is 2. The van der Waals surface area contributed by atoms with E-state index in [1.54, 1.807) is 55.2 Å². The van der Waals surface area contributed by atoms with E-state index in [1.807, 2.05) is 6.07 Å². The van der Waals surface area contributed by atoms with Crippen molar-refractivity contribution < 1.29 is 23.8 Å². The standard InChI is InChI=1S/C24H31N7O5/c1-29-15-18(23(28-29)36-4)24(33)31-11-9-30(10-12-31)8-7-25-22(32)20-14-19(26-27-20)17-13-16(34-2)5-6-21(17)35-3/h5-6,13-15H,7-12H2,1-4H3,(H,25,32)(H,26,27). The van der Waals surface area contributed by atoms with E-state index in [2.05, 4.69) is 25.5 Å². The molecule has 0 spiro atoms. The molecule has 1 aromatic carbocycles. The molecule has 2 N–H and O–H groups in total. The maximum atomic E-state index is 12.8. The van der Waals surface area contributed by atoms with Crippen LogP contribution in [0.3, 0.4) is 0 Å². The fraction of sp³-hybridized carbons (Fsp3) is 0.417. The minimum absolute atomic E-state index is 0.0874. The highest BCUT2D eigenvalue weighted by Gasteiger charge is 2.26. The molecular formula is C24H31N7O5. The lowest BCUT2D eigenvalue weighted by Gasteiger charge is -2.34. The van der Waals surface area contributed by atoms with E-state index < -0.39 is 0 Å². The molecule has 1 aliphatic rings. The number of hydrogen-bond acceptors (Lipinski definition) is 8. The molecule has 3 heterocycles. The Labute approximate surface area is 209 Å². The van der Waals surface area contributed by atoms with Gasteiger partial charge in [0.15, 0.2) is 0 Å². The summed E-state index contributed by atoms with van der Waals surface area (Å²) in [5.74, 6) is 1.30. The molecule has 3 aromatic rings. The predicted octanol–water partition coefficient (Wildman–Crippen LogP) is 1.02. The summed E-state index contributed by atoms with van der Waals surface area (Å²) >= 11 is 0. The van der Waals surface area contributed by atoms with Crippen molar-refractivity contribution in [3.05, 3.63) is 41.7 Å². The number of methoxy groups -OCH3 is 3. The van der Waals surface area contributed by atoms with Gasteiger partial charge < -0.3 is 24.4 Å². The summed E-state index contributed by atoms with van der Waals surface area (Å²) in [6.07, 6.45) is 1.67. The zero-order valence-corrected chi connectivity index (χ0v) is 20.9. The largest absolute Gasteiger partial charge is 0.497 e. The lowest BCUT2D eigenvalue weighted by Crippen LogP contribution is -2.50. The summed E-state index contributed by atoms with van der Waals surface area (Å²) in [6, 6.07) is 7.09. The van der Waals surface area contributed by atoms with Gasteiger partial charge in [0.25, 0.3) is 11.8 Å². The molecule has 1 fully saturated rings. The van der Waals surface area contributed by atoms with E-state index in [9.17, 15) is 9.59 Å². The van der Waals surface area contributed by atoms with Gasteiger partial charge in [0.05, 0.1) is 27.0 Å². The van der Waals surface area contributed by atoms with E-state index in [4.69, 9.17) is 14.2 Å². The molecule has 1 saturated heterocycles. The van der Waals surface area contributed by atoms with Crippen molar-refractivity contribution in [3.63, 3.8) is 0 Å². The molecule has 12 heteroatoms. The van der Waals surface area contributed by atoms with Crippen LogP contribution in [0, 0.1) is 0 Å². The highest BCUT2D eigenvalue weighted by atomic mass is 16.5. The monoisotopic (exact) mass is 497 g/mol. The Bertz CT molecular complexity index is 1210. The zero-order valence-electron chi connectivity index (χ0n) is 20.9. The van der Waals surface area contributed by atoms with Gasteiger partial charge in [0.2, 0.25) is 5.88 Å². The summed E-state index contributed by atoms with van der Waals surface area (Å²) in [5.41, 5.74) is 2.13. The van der Waals surface area contributed by atoms with Crippen LogP contribution in [0.4, 0.5) is 0 Å². The number of aromatic amines is 1. The predicted molar refractivity (Wildman–Crippen MR) is 132 cm³/mol. The summed E-state index contributed by atoms with van der Waals surface area (Å²) in [5, 5.41) is 14.1. The van der Waals surface area contributed by atoms with Crippen molar-refractivity contribution in [1.82, 2.24) is 35.1 Å². The van der Waals surface area contributed by atoms with Crippen LogP contribution >= 0.6 is 0 Å². The maximum absolute atomic E-state index is 12.8. The number of benzene rings is 1. The molecule has 0 saturated carbocycles. The van der Waals surface area contributed by atoms with E-state index in [0.29, 0.717) is 73.6 Å². The molecule has 2 aromatic heterocycles. The molecule has 36 heavy (non-hydrogen) atoms. The molecular weight excluding hydrogens is 466 g/mol. The summed E-state index contributed by atoms with van der Waals surface area (Å²) in [7, 11) is 6.43. The first-order valence-corrected chi connectivity index (χ1v) is 11.6. The van der Waals surface area contributed by atoms with Gasteiger partial charge in [-0.1, -0.05) is 0 Å². The van der Waals surface area contributed by atoms with Crippen molar-refractivity contribution in [2.45, 2.75) is 0 Å². The van der Waals surface area contributed by atoms with Crippen LogP contribution in [0.1, 0.15) is 20.8 Å². The molecule has 192 valence electrons. The van der Waals surface area contributed by atoms with Crippen molar-refractivity contribution in [1.29, 1.82) is 0 Å². The number of amides is 2. The van der Waals surface area contributed by atoms with E-state index in [-0.39, 0.29) is 11.8 Å². The van der Waals surface area contributed by atoms with Crippen LogP contribution in [0.25, 0.3) is 11.3 Å². The number of carbonyl (C=O) groups excluding carboxylic acids is 2. The average molecular weight is 498 g/mol. The third kappa shape index (κ3) is 5.43. The number of aryl methyl sites for hydroxylation is 1. The second kappa shape index (κ2) is 11.1. The Morgan fingerprint density at radius 3 is 2.53 bits per heavy atom. The lowest BCUT2D eigenvalue weighted by molar-refractivity contribution is 0.0634. The molecule has 4 rings (SSSR count). The third-order valence-electron chi connectivity index (χ3n) is 6.10. The van der Waals surface area contributed by atoms with Crippen LogP contribution in [-0.2, 0) is 7.05 Å². The van der Waals surface area contributed by atoms with E-state index in [1.165, 1.54) is 7.11 Å². The number of aromatic nitrogens is 4. The topological polar surface area (TPSA) is 127 Å². The van der Waals surface area contributed by atoms with Gasteiger partial charge in [-0.3, -0.25) is 24.3 Å². The van der Waals surface area contributed by atoms with Crippen LogP contribution < -0.4 is 19.5 Å². The number of rotatable bonds is 9. The SMILES string of the molecule is COc1ccc(OC)c(-c2cc(C(=O)NCCN3CCN(C(=O)c4cn(C)nc4OC)CC3)[nH]n2)c1. The Hall–Kier alpha value is -4.06. The van der Waals surface area contributed by atoms with Gasteiger partial charge in [-0.2, -0.15) is 5.10 Å². The summed E-state index contributed by atoms with van der Waals surface area (Å²) in [4.78, 5) is 29.5. The van der Waals surface area contributed by atoms with Crippen molar-refractivity contribution in [2.24, 2.45) is 7.05 Å².